The van der Waals surface area contributed by atoms with E-state index in [1.807, 2.05) is 0 Å². The average molecular weight is 225 g/mol. The lowest BCUT2D eigenvalue weighted by atomic mass is 10.3. The number of hydrogen-bond acceptors (Lipinski definition) is 3. The predicted molar refractivity (Wildman–Crippen MR) is 51.0 cm³/mol. The molecule has 0 spiro atoms. The molecule has 1 aliphatic carbocycles. The Bertz CT molecular complexity index is 397. The van der Waals surface area contributed by atoms with Crippen molar-refractivity contribution in [3.8, 4) is 17.6 Å². The highest BCUT2D eigenvalue weighted by atomic mass is 19.3. The van der Waals surface area contributed by atoms with E-state index in [1.54, 1.807) is 12.1 Å². The second-order valence-corrected chi connectivity index (χ2v) is 3.52. The molecule has 0 amide bonds. The molecular weight excluding hydrogens is 216 g/mol. The average Bonchev–Trinajstić information content (AvgIpc) is 3.00. The third kappa shape index (κ3) is 2.60. The van der Waals surface area contributed by atoms with E-state index in [2.05, 4.69) is 15.5 Å². The molecule has 1 saturated carbocycles. The number of halogens is 2. The summed E-state index contributed by atoms with van der Waals surface area (Å²) in [4.78, 5) is 0. The number of alkyl halides is 2. The maximum absolute atomic E-state index is 12.3. The van der Waals surface area contributed by atoms with Crippen molar-refractivity contribution in [3.63, 3.8) is 0 Å². The number of nitriles is 1. The maximum atomic E-state index is 12.3. The van der Waals surface area contributed by atoms with Gasteiger partial charge >= 0.3 is 6.29 Å². The van der Waals surface area contributed by atoms with Crippen LogP contribution in [0.15, 0.2) is 24.3 Å². The van der Waals surface area contributed by atoms with Crippen molar-refractivity contribution >= 4 is 0 Å². The Morgan fingerprint density at radius 1 is 1.19 bits per heavy atom. The second kappa shape index (κ2) is 3.97. The van der Waals surface area contributed by atoms with Crippen molar-refractivity contribution < 1.29 is 18.3 Å². The van der Waals surface area contributed by atoms with Gasteiger partial charge in [0.15, 0.2) is 11.5 Å². The van der Waals surface area contributed by atoms with Crippen LogP contribution < -0.4 is 9.47 Å². The Morgan fingerprint density at radius 2 is 1.69 bits per heavy atom. The molecule has 3 nitrogen and oxygen atoms in total. The molecule has 0 N–H and O–H groups in total. The molecule has 0 unspecified atom stereocenters. The van der Waals surface area contributed by atoms with Crippen molar-refractivity contribution in [3.05, 3.63) is 24.3 Å². The van der Waals surface area contributed by atoms with Crippen LogP contribution in [0.5, 0.6) is 11.5 Å². The molecule has 1 fully saturated rings. The van der Waals surface area contributed by atoms with Gasteiger partial charge in [-0.2, -0.15) is 5.26 Å². The molecule has 1 aliphatic heterocycles. The number of hydrogen-bond donors (Lipinski definition) is 0. The van der Waals surface area contributed by atoms with Crippen LogP contribution in [0.1, 0.15) is 12.8 Å². The lowest BCUT2D eigenvalue weighted by Crippen LogP contribution is -2.25. The first-order valence-corrected chi connectivity index (χ1v) is 4.85. The van der Waals surface area contributed by atoms with E-state index in [4.69, 9.17) is 5.26 Å². The van der Waals surface area contributed by atoms with Crippen LogP contribution in [0.3, 0.4) is 0 Å². The lowest BCUT2D eigenvalue weighted by molar-refractivity contribution is -0.286. The van der Waals surface area contributed by atoms with Gasteiger partial charge in [0.2, 0.25) is 0 Å². The summed E-state index contributed by atoms with van der Waals surface area (Å²) in [6.45, 7) is 0. The smallest absolute Gasteiger partial charge is 0.395 e. The minimum absolute atomic E-state index is 0.0810. The van der Waals surface area contributed by atoms with Crippen LogP contribution in [0.2, 0.25) is 0 Å². The van der Waals surface area contributed by atoms with Crippen molar-refractivity contribution in [2.75, 3.05) is 0 Å². The van der Waals surface area contributed by atoms with Crippen LogP contribution in [-0.4, -0.2) is 6.29 Å². The summed E-state index contributed by atoms with van der Waals surface area (Å²) in [5.74, 6) is 0.602. The molecule has 84 valence electrons. The van der Waals surface area contributed by atoms with Crippen molar-refractivity contribution in [1.82, 2.24) is 0 Å². The zero-order valence-electron chi connectivity index (χ0n) is 8.32. The second-order valence-electron chi connectivity index (χ2n) is 3.52. The quantitative estimate of drug-likeness (QED) is 0.681. The summed E-state index contributed by atoms with van der Waals surface area (Å²) in [5, 5.41) is 7.96. The first-order valence-electron chi connectivity index (χ1n) is 4.85. The fourth-order valence-corrected chi connectivity index (χ4v) is 1.11. The predicted octanol–water partition coefficient (Wildman–Crippen LogP) is 2.93. The van der Waals surface area contributed by atoms with Gasteiger partial charge in [-0.15, -0.1) is 8.78 Å². The van der Waals surface area contributed by atoms with E-state index < -0.39 is 6.29 Å². The molecule has 0 radical (unpaired) electrons. The topological polar surface area (TPSA) is 42.2 Å². The summed E-state index contributed by atoms with van der Waals surface area (Å²) in [6.07, 6.45) is -1.20. The molecule has 2 aliphatic rings. The van der Waals surface area contributed by atoms with Gasteiger partial charge in [0.1, 0.15) is 0 Å². The Hall–Kier alpha value is -1.83. The number of benzene rings is 1. The molecular formula is C11H9F2NO2. The van der Waals surface area contributed by atoms with Crippen LogP contribution in [0.25, 0.3) is 0 Å². The maximum Gasteiger partial charge on any atom is 0.586 e. The normalized spacial score (nSPS) is 19.3. The van der Waals surface area contributed by atoms with Crippen LogP contribution in [0.4, 0.5) is 8.78 Å². The fraction of sp³-hybridized carbons (Fsp3) is 0.364. The molecule has 5 heteroatoms. The number of rotatable bonds is 0. The standard InChI is InChI=1S/C7H4F2O2.C4H5N/c8-7(9)10-5-3-1-2-4-6(5)11-7;5-3-4-1-2-4/h1-4H;4H,1-2H2. The number of para-hydroxylation sites is 2. The van der Waals surface area contributed by atoms with E-state index in [0.29, 0.717) is 5.92 Å². The van der Waals surface area contributed by atoms with E-state index in [1.165, 1.54) is 12.1 Å². The minimum Gasteiger partial charge on any atom is -0.395 e. The molecule has 1 aromatic rings. The van der Waals surface area contributed by atoms with Crippen molar-refractivity contribution in [2.45, 2.75) is 19.1 Å². The van der Waals surface area contributed by atoms with Crippen LogP contribution >= 0.6 is 0 Å². The van der Waals surface area contributed by atoms with E-state index in [9.17, 15) is 8.78 Å². The highest BCUT2D eigenvalue weighted by molar-refractivity contribution is 5.41. The van der Waals surface area contributed by atoms with Crippen LogP contribution in [-0.2, 0) is 0 Å². The minimum atomic E-state index is -3.50. The Labute approximate surface area is 91.2 Å². The first kappa shape index (κ1) is 10.7. The molecule has 3 rings (SSSR count). The molecule has 0 saturated heterocycles. The van der Waals surface area contributed by atoms with Gasteiger partial charge in [-0.05, 0) is 25.0 Å². The van der Waals surface area contributed by atoms with E-state index >= 15 is 0 Å². The van der Waals surface area contributed by atoms with E-state index in [0.717, 1.165) is 12.8 Å². The zero-order valence-corrected chi connectivity index (χ0v) is 8.32. The van der Waals surface area contributed by atoms with Crippen molar-refractivity contribution in [1.29, 1.82) is 5.26 Å². The van der Waals surface area contributed by atoms with Gasteiger partial charge in [-0.3, -0.25) is 0 Å². The summed E-state index contributed by atoms with van der Waals surface area (Å²) < 4.78 is 32.9. The third-order valence-corrected chi connectivity index (χ3v) is 2.07. The van der Waals surface area contributed by atoms with Gasteiger partial charge in [0, 0.05) is 5.92 Å². The number of fused-ring (bicyclic) bond motifs is 1. The molecule has 1 aromatic carbocycles. The van der Waals surface area contributed by atoms with Crippen LogP contribution in [0, 0.1) is 17.2 Å². The Morgan fingerprint density at radius 3 is 2.00 bits per heavy atom. The van der Waals surface area contributed by atoms with Gasteiger partial charge < -0.3 is 9.47 Å². The summed E-state index contributed by atoms with van der Waals surface area (Å²) in [5.41, 5.74) is 0. The van der Waals surface area contributed by atoms with E-state index in [-0.39, 0.29) is 11.5 Å². The monoisotopic (exact) mass is 225 g/mol. The molecule has 0 bridgehead atoms. The SMILES string of the molecule is FC1(F)Oc2ccccc2O1.N#CC1CC1. The largest absolute Gasteiger partial charge is 0.586 e. The van der Waals surface area contributed by atoms with Gasteiger partial charge in [0.25, 0.3) is 0 Å². The highest BCUT2D eigenvalue weighted by Crippen LogP contribution is 2.39. The molecule has 16 heavy (non-hydrogen) atoms. The lowest BCUT2D eigenvalue weighted by Gasteiger charge is -2.04. The molecule has 0 atom stereocenters. The van der Waals surface area contributed by atoms with Gasteiger partial charge in [-0.1, -0.05) is 12.1 Å². The van der Waals surface area contributed by atoms with Crippen molar-refractivity contribution in [2.24, 2.45) is 5.92 Å². The third-order valence-electron chi connectivity index (χ3n) is 2.07. The molecule has 0 aromatic heterocycles. The number of nitrogens with zero attached hydrogens (tertiary/aromatic N) is 1. The summed E-state index contributed by atoms with van der Waals surface area (Å²) in [7, 11) is 0. The van der Waals surface area contributed by atoms with Gasteiger partial charge in [-0.25, -0.2) is 0 Å². The van der Waals surface area contributed by atoms with Gasteiger partial charge in [0.05, 0.1) is 6.07 Å². The summed E-state index contributed by atoms with van der Waals surface area (Å²) in [6, 6.07) is 8.19. The summed E-state index contributed by atoms with van der Waals surface area (Å²) >= 11 is 0. The Kier molecular flexibility index (Phi) is 2.65. The fourth-order valence-electron chi connectivity index (χ4n) is 1.11. The Balaban J connectivity index is 0.000000162. The zero-order chi connectivity index (χ0) is 11.6. The first-order chi connectivity index (χ1) is 7.61. The number of ether oxygens (including phenoxy) is 2. The molecule has 1 heterocycles. The highest BCUT2D eigenvalue weighted by Gasteiger charge is 2.42.